The van der Waals surface area contributed by atoms with Crippen molar-refractivity contribution in [2.75, 3.05) is 0 Å². The third-order valence-corrected chi connectivity index (χ3v) is 6.79. The van der Waals surface area contributed by atoms with Crippen molar-refractivity contribution < 1.29 is 10.2 Å². The summed E-state index contributed by atoms with van der Waals surface area (Å²) in [4.78, 5) is 0. The highest BCUT2D eigenvalue weighted by Crippen LogP contribution is 2.60. The SMILES string of the molecule is C[C@]12CC[C@@]3(CCc4cc(O)ccc43)C[C@H]1CC[C@@H]2O. The van der Waals surface area contributed by atoms with E-state index in [1.54, 1.807) is 0 Å². The van der Waals surface area contributed by atoms with Crippen LogP contribution in [0, 0.1) is 11.3 Å². The molecule has 2 fully saturated rings. The van der Waals surface area contributed by atoms with Gasteiger partial charge in [-0.15, -0.1) is 0 Å². The quantitative estimate of drug-likeness (QED) is 0.758. The molecule has 108 valence electrons. The number of aryl methyl sites for hydroxylation is 1. The molecule has 4 rings (SSSR count). The van der Waals surface area contributed by atoms with E-state index in [-0.39, 0.29) is 11.5 Å². The van der Waals surface area contributed by atoms with Crippen molar-refractivity contribution in [2.45, 2.75) is 63.4 Å². The molecule has 0 heterocycles. The van der Waals surface area contributed by atoms with Crippen LogP contribution in [0.15, 0.2) is 18.2 Å². The highest BCUT2D eigenvalue weighted by atomic mass is 16.3. The third kappa shape index (κ3) is 1.54. The standard InChI is InChI=1S/C18H24O2/c1-17-8-9-18(11-13(17)2-5-16(17)20)7-6-12-10-14(19)3-4-15(12)18/h3-4,10,13,16,19-20H,2,5-9,11H2,1H3/t13-,16+,17+,18+/m1/s1. The van der Waals surface area contributed by atoms with Gasteiger partial charge in [0.25, 0.3) is 0 Å². The van der Waals surface area contributed by atoms with Crippen molar-refractivity contribution in [2.24, 2.45) is 11.3 Å². The maximum Gasteiger partial charge on any atom is 0.115 e. The minimum Gasteiger partial charge on any atom is -0.508 e. The van der Waals surface area contributed by atoms with Crippen LogP contribution in [0.25, 0.3) is 0 Å². The monoisotopic (exact) mass is 272 g/mol. The lowest BCUT2D eigenvalue weighted by Gasteiger charge is -2.47. The molecule has 20 heavy (non-hydrogen) atoms. The van der Waals surface area contributed by atoms with Crippen LogP contribution < -0.4 is 0 Å². The van der Waals surface area contributed by atoms with Gasteiger partial charge in [0.2, 0.25) is 0 Å². The van der Waals surface area contributed by atoms with Gasteiger partial charge in [-0.1, -0.05) is 13.0 Å². The molecule has 2 saturated carbocycles. The van der Waals surface area contributed by atoms with E-state index >= 15 is 0 Å². The lowest BCUT2D eigenvalue weighted by Crippen LogP contribution is -2.43. The molecule has 0 aliphatic heterocycles. The van der Waals surface area contributed by atoms with Gasteiger partial charge in [0.15, 0.2) is 0 Å². The number of aliphatic hydroxyl groups excluding tert-OH is 1. The summed E-state index contributed by atoms with van der Waals surface area (Å²) in [6, 6.07) is 5.97. The summed E-state index contributed by atoms with van der Waals surface area (Å²) in [6.45, 7) is 2.30. The van der Waals surface area contributed by atoms with Crippen LogP contribution in [0.5, 0.6) is 5.75 Å². The van der Waals surface area contributed by atoms with E-state index < -0.39 is 0 Å². The van der Waals surface area contributed by atoms with Gasteiger partial charge < -0.3 is 10.2 Å². The average Bonchev–Trinajstić information content (AvgIpc) is 2.91. The van der Waals surface area contributed by atoms with Gasteiger partial charge in [-0.2, -0.15) is 0 Å². The summed E-state index contributed by atoms with van der Waals surface area (Å²) in [6.07, 6.45) is 8.01. The smallest absolute Gasteiger partial charge is 0.115 e. The number of hydrogen-bond acceptors (Lipinski definition) is 2. The number of hydrogen-bond donors (Lipinski definition) is 2. The minimum atomic E-state index is -0.0921. The van der Waals surface area contributed by atoms with Gasteiger partial charge in [0.1, 0.15) is 5.75 Å². The van der Waals surface area contributed by atoms with Crippen molar-refractivity contribution in [3.63, 3.8) is 0 Å². The minimum absolute atomic E-state index is 0.0921. The van der Waals surface area contributed by atoms with Crippen LogP contribution in [0.3, 0.4) is 0 Å². The zero-order chi connectivity index (χ0) is 14.0. The molecule has 2 nitrogen and oxygen atoms in total. The van der Waals surface area contributed by atoms with Crippen molar-refractivity contribution in [1.29, 1.82) is 0 Å². The van der Waals surface area contributed by atoms with Gasteiger partial charge >= 0.3 is 0 Å². The van der Waals surface area contributed by atoms with Crippen LogP contribution in [0.2, 0.25) is 0 Å². The number of benzene rings is 1. The van der Waals surface area contributed by atoms with Crippen LogP contribution in [0.1, 0.15) is 56.6 Å². The van der Waals surface area contributed by atoms with Crippen molar-refractivity contribution in [1.82, 2.24) is 0 Å². The molecule has 0 amide bonds. The predicted molar refractivity (Wildman–Crippen MR) is 78.8 cm³/mol. The maximum atomic E-state index is 10.3. The molecule has 0 radical (unpaired) electrons. The fraction of sp³-hybridized carbons (Fsp3) is 0.667. The highest BCUT2D eigenvalue weighted by molar-refractivity contribution is 5.44. The Morgan fingerprint density at radius 1 is 1.15 bits per heavy atom. The van der Waals surface area contributed by atoms with E-state index in [1.807, 2.05) is 12.1 Å². The van der Waals surface area contributed by atoms with Gasteiger partial charge in [-0.3, -0.25) is 0 Å². The Hall–Kier alpha value is -1.02. The number of aliphatic hydroxyl groups is 1. The molecule has 4 atom stereocenters. The molecule has 0 saturated heterocycles. The number of aromatic hydroxyl groups is 1. The Kier molecular flexibility index (Phi) is 2.54. The summed E-state index contributed by atoms with van der Waals surface area (Å²) in [7, 11) is 0. The number of phenols is 1. The lowest BCUT2D eigenvalue weighted by atomic mass is 9.57. The number of phenolic OH excluding ortho intramolecular Hbond substituents is 1. The fourth-order valence-corrected chi connectivity index (χ4v) is 5.36. The zero-order valence-electron chi connectivity index (χ0n) is 12.2. The van der Waals surface area contributed by atoms with Gasteiger partial charge in [0, 0.05) is 0 Å². The Labute approximate surface area is 120 Å². The maximum absolute atomic E-state index is 10.3. The largest absolute Gasteiger partial charge is 0.508 e. The van der Waals surface area contributed by atoms with E-state index in [4.69, 9.17) is 0 Å². The first kappa shape index (κ1) is 12.7. The molecule has 3 aliphatic rings. The Bertz CT molecular complexity index is 552. The van der Waals surface area contributed by atoms with Crippen molar-refractivity contribution >= 4 is 0 Å². The van der Waals surface area contributed by atoms with E-state index in [1.165, 1.54) is 36.8 Å². The van der Waals surface area contributed by atoms with Crippen LogP contribution in [-0.2, 0) is 11.8 Å². The third-order valence-electron chi connectivity index (χ3n) is 6.79. The molecule has 1 spiro atoms. The summed E-state index contributed by atoms with van der Waals surface area (Å²) in [5.41, 5.74) is 3.33. The molecule has 3 aliphatic carbocycles. The molecule has 0 aromatic heterocycles. The molecule has 0 bridgehead atoms. The van der Waals surface area contributed by atoms with Crippen molar-refractivity contribution in [3.8, 4) is 5.75 Å². The second kappa shape index (κ2) is 4.00. The highest BCUT2D eigenvalue weighted by Gasteiger charge is 2.54. The topological polar surface area (TPSA) is 40.5 Å². The van der Waals surface area contributed by atoms with Gasteiger partial charge in [-0.05, 0) is 85.0 Å². The second-order valence-corrected chi connectivity index (χ2v) is 7.62. The summed E-state index contributed by atoms with van der Waals surface area (Å²) >= 11 is 0. The average molecular weight is 272 g/mol. The summed E-state index contributed by atoms with van der Waals surface area (Å²) in [5, 5.41) is 20.0. The molecule has 1 aromatic rings. The van der Waals surface area contributed by atoms with Crippen molar-refractivity contribution in [3.05, 3.63) is 29.3 Å². The summed E-state index contributed by atoms with van der Waals surface area (Å²) < 4.78 is 0. The Morgan fingerprint density at radius 3 is 2.85 bits per heavy atom. The molecular weight excluding hydrogens is 248 g/mol. The molecule has 1 aromatic carbocycles. The Balaban J connectivity index is 1.69. The van der Waals surface area contributed by atoms with E-state index in [9.17, 15) is 10.2 Å². The van der Waals surface area contributed by atoms with E-state index in [2.05, 4.69) is 13.0 Å². The zero-order valence-corrected chi connectivity index (χ0v) is 12.2. The Morgan fingerprint density at radius 2 is 2.00 bits per heavy atom. The van der Waals surface area contributed by atoms with Crippen LogP contribution in [-0.4, -0.2) is 16.3 Å². The number of fused-ring (bicyclic) bond motifs is 3. The van der Waals surface area contributed by atoms with Gasteiger partial charge in [-0.25, -0.2) is 0 Å². The molecule has 2 heteroatoms. The van der Waals surface area contributed by atoms with Crippen LogP contribution >= 0.6 is 0 Å². The van der Waals surface area contributed by atoms with Gasteiger partial charge in [0.05, 0.1) is 6.10 Å². The molecule has 0 unspecified atom stereocenters. The summed E-state index contributed by atoms with van der Waals surface area (Å²) in [5.74, 6) is 1.07. The first-order chi connectivity index (χ1) is 9.53. The molecule has 2 N–H and O–H groups in total. The lowest BCUT2D eigenvalue weighted by molar-refractivity contribution is -0.00808. The normalized spacial score (nSPS) is 42.7. The van der Waals surface area contributed by atoms with Crippen LogP contribution in [0.4, 0.5) is 0 Å². The van der Waals surface area contributed by atoms with E-state index in [0.717, 1.165) is 19.3 Å². The number of rotatable bonds is 0. The molecular formula is C18H24O2. The predicted octanol–water partition coefficient (Wildman–Crippen LogP) is 3.54. The first-order valence-corrected chi connectivity index (χ1v) is 8.04. The van der Waals surface area contributed by atoms with E-state index in [0.29, 0.717) is 17.1 Å². The first-order valence-electron chi connectivity index (χ1n) is 8.04. The fourth-order valence-electron chi connectivity index (χ4n) is 5.36. The second-order valence-electron chi connectivity index (χ2n) is 7.62.